The molecule has 0 radical (unpaired) electrons. The van der Waals surface area contributed by atoms with Gasteiger partial charge in [-0.1, -0.05) is 76.9 Å². The minimum Gasteiger partial charge on any atom is -0.379 e. The Kier molecular flexibility index (Phi) is 22.7. The summed E-state index contributed by atoms with van der Waals surface area (Å²) in [6.45, 7) is 3.99. The molecular weight excluding hydrogens is 465 g/mol. The number of likely N-dealkylation sites (N-methyl/N-ethyl adjacent to an activating group) is 1. The van der Waals surface area contributed by atoms with Gasteiger partial charge in [0, 0.05) is 13.7 Å². The fraction of sp³-hybridized carbons (Fsp3) is 0.926. The minimum atomic E-state index is -4.07. The lowest BCUT2D eigenvalue weighted by atomic mass is 10.1. The molecule has 35 heavy (non-hydrogen) atoms. The molecule has 0 aromatic carbocycles. The molecule has 0 aliphatic rings. The van der Waals surface area contributed by atoms with Gasteiger partial charge in [-0.15, -0.1) is 0 Å². The molecule has 0 rings (SSSR count). The standard InChI is InChI=1S/C27H56NO6P/c1-6-7-8-9-10-11-12-13-14-15-16-17-18-19-20-21-23-32-25-27(31-5)26-34-35(29,30)33-24-22-28(2,3)4/h13-14,27H,6-12,15-26H2,1-5H3/p+1/b14-13+. The molecule has 1 N–H and O–H groups in total. The van der Waals surface area contributed by atoms with Crippen molar-refractivity contribution < 1.29 is 32.5 Å². The van der Waals surface area contributed by atoms with Gasteiger partial charge in [-0.25, -0.2) is 4.57 Å². The van der Waals surface area contributed by atoms with Crippen LogP contribution in [0.3, 0.4) is 0 Å². The number of phosphoric ester groups is 1. The van der Waals surface area contributed by atoms with E-state index in [0.717, 1.165) is 12.8 Å². The number of phosphoric acid groups is 1. The van der Waals surface area contributed by atoms with Crippen LogP contribution < -0.4 is 0 Å². The Morgan fingerprint density at radius 3 is 1.86 bits per heavy atom. The van der Waals surface area contributed by atoms with E-state index >= 15 is 0 Å². The molecule has 0 aliphatic carbocycles. The summed E-state index contributed by atoms with van der Waals surface area (Å²) < 4.78 is 33.6. The van der Waals surface area contributed by atoms with Crippen LogP contribution in [0.15, 0.2) is 12.2 Å². The number of ether oxygens (including phenoxy) is 2. The fourth-order valence-corrected chi connectivity index (χ4v) is 4.24. The van der Waals surface area contributed by atoms with E-state index in [0.29, 0.717) is 24.2 Å². The van der Waals surface area contributed by atoms with Gasteiger partial charge in [0.25, 0.3) is 0 Å². The third-order valence-electron chi connectivity index (χ3n) is 5.88. The monoisotopic (exact) mass is 522 g/mol. The van der Waals surface area contributed by atoms with Gasteiger partial charge in [-0.3, -0.25) is 9.05 Å². The normalized spacial score (nSPS) is 15.0. The lowest BCUT2D eigenvalue weighted by Crippen LogP contribution is -2.37. The van der Waals surface area contributed by atoms with Crippen LogP contribution in [0.4, 0.5) is 0 Å². The quantitative estimate of drug-likeness (QED) is 0.0577. The topological polar surface area (TPSA) is 74.2 Å². The average molecular weight is 523 g/mol. The maximum absolute atomic E-state index is 12.0. The first-order valence-corrected chi connectivity index (χ1v) is 15.4. The molecule has 0 bridgehead atoms. The van der Waals surface area contributed by atoms with Gasteiger partial charge >= 0.3 is 7.82 Å². The van der Waals surface area contributed by atoms with Crippen LogP contribution in [0.25, 0.3) is 0 Å². The Balaban J connectivity index is 3.55. The zero-order chi connectivity index (χ0) is 26.3. The fourth-order valence-electron chi connectivity index (χ4n) is 3.50. The predicted molar refractivity (Wildman–Crippen MR) is 146 cm³/mol. The second-order valence-electron chi connectivity index (χ2n) is 10.5. The van der Waals surface area contributed by atoms with Crippen LogP contribution in [0.2, 0.25) is 0 Å². The molecule has 0 aromatic heterocycles. The molecule has 210 valence electrons. The van der Waals surface area contributed by atoms with E-state index in [1.165, 1.54) is 77.0 Å². The Morgan fingerprint density at radius 1 is 0.771 bits per heavy atom. The molecule has 2 atom stereocenters. The van der Waals surface area contributed by atoms with Crippen molar-refractivity contribution in [1.82, 2.24) is 0 Å². The average Bonchev–Trinajstić information content (AvgIpc) is 2.79. The SMILES string of the molecule is CCCCCCCC/C=C/CCCCCCCCOCC(COP(=O)(O)OCC[N+](C)(C)C)OC. The van der Waals surface area contributed by atoms with Crippen LogP contribution in [-0.2, 0) is 23.1 Å². The number of rotatable bonds is 26. The predicted octanol–water partition coefficient (Wildman–Crippen LogP) is 6.90. The summed E-state index contributed by atoms with van der Waals surface area (Å²) in [6.07, 6.45) is 22.3. The second kappa shape index (κ2) is 22.9. The number of allylic oxidation sites excluding steroid dienone is 2. The summed E-state index contributed by atoms with van der Waals surface area (Å²) in [7, 11) is 3.43. The summed E-state index contributed by atoms with van der Waals surface area (Å²) in [5, 5.41) is 0. The molecule has 2 unspecified atom stereocenters. The maximum Gasteiger partial charge on any atom is 0.472 e. The summed E-state index contributed by atoms with van der Waals surface area (Å²) in [4.78, 5) is 9.79. The van der Waals surface area contributed by atoms with Gasteiger partial charge in [0.15, 0.2) is 0 Å². The van der Waals surface area contributed by atoms with E-state index in [1.807, 2.05) is 21.1 Å². The van der Waals surface area contributed by atoms with Gasteiger partial charge in [-0.05, 0) is 32.1 Å². The second-order valence-corrected chi connectivity index (χ2v) is 11.9. The van der Waals surface area contributed by atoms with Crippen molar-refractivity contribution in [2.24, 2.45) is 0 Å². The van der Waals surface area contributed by atoms with Crippen molar-refractivity contribution in [3.63, 3.8) is 0 Å². The number of methoxy groups -OCH3 is 1. The number of quaternary nitrogens is 1. The molecule has 0 spiro atoms. The number of hydrogen-bond acceptors (Lipinski definition) is 5. The van der Waals surface area contributed by atoms with Crippen molar-refractivity contribution >= 4 is 7.82 Å². The highest BCUT2D eigenvalue weighted by molar-refractivity contribution is 7.47. The first-order valence-electron chi connectivity index (χ1n) is 13.9. The highest BCUT2D eigenvalue weighted by Crippen LogP contribution is 2.43. The molecule has 0 fully saturated rings. The lowest BCUT2D eigenvalue weighted by Gasteiger charge is -2.24. The van der Waals surface area contributed by atoms with E-state index < -0.39 is 13.9 Å². The molecule has 0 heterocycles. The summed E-state index contributed by atoms with van der Waals surface area (Å²) in [5.74, 6) is 0. The molecule has 0 aliphatic heterocycles. The summed E-state index contributed by atoms with van der Waals surface area (Å²) in [5.41, 5.74) is 0. The van der Waals surface area contributed by atoms with Gasteiger partial charge in [0.2, 0.25) is 0 Å². The molecular formula is C27H57NO6P+. The first kappa shape index (κ1) is 34.7. The molecule has 7 nitrogen and oxygen atoms in total. The van der Waals surface area contributed by atoms with Crippen LogP contribution in [-0.4, -0.2) is 76.7 Å². The zero-order valence-corrected chi connectivity index (χ0v) is 24.4. The zero-order valence-electron chi connectivity index (χ0n) is 23.5. The minimum absolute atomic E-state index is 0.0396. The van der Waals surface area contributed by atoms with E-state index in [9.17, 15) is 9.46 Å². The largest absolute Gasteiger partial charge is 0.472 e. The van der Waals surface area contributed by atoms with Gasteiger partial charge in [0.05, 0.1) is 34.4 Å². The van der Waals surface area contributed by atoms with Gasteiger partial charge < -0.3 is 18.9 Å². The van der Waals surface area contributed by atoms with Crippen LogP contribution in [0.1, 0.15) is 96.8 Å². The Morgan fingerprint density at radius 2 is 1.31 bits per heavy atom. The molecule has 0 saturated carbocycles. The maximum atomic E-state index is 12.0. The smallest absolute Gasteiger partial charge is 0.379 e. The van der Waals surface area contributed by atoms with E-state index in [-0.39, 0.29) is 13.2 Å². The highest BCUT2D eigenvalue weighted by atomic mass is 31.2. The van der Waals surface area contributed by atoms with Crippen molar-refractivity contribution in [2.45, 2.75) is 103 Å². The van der Waals surface area contributed by atoms with Crippen LogP contribution >= 0.6 is 7.82 Å². The first-order chi connectivity index (χ1) is 16.7. The van der Waals surface area contributed by atoms with E-state index in [1.54, 1.807) is 7.11 Å². The number of hydrogen-bond donors (Lipinski definition) is 1. The number of unbranched alkanes of at least 4 members (excludes halogenated alkanes) is 12. The van der Waals surface area contributed by atoms with Crippen molar-refractivity contribution in [3.05, 3.63) is 12.2 Å². The Hall–Kier alpha value is -0.270. The third kappa shape index (κ3) is 26.6. The number of nitrogens with zero attached hydrogens (tertiary/aromatic N) is 1. The summed E-state index contributed by atoms with van der Waals surface area (Å²) in [6, 6.07) is 0. The molecule has 8 heteroatoms. The van der Waals surface area contributed by atoms with Crippen LogP contribution in [0, 0.1) is 0 Å². The van der Waals surface area contributed by atoms with Gasteiger partial charge in [0.1, 0.15) is 19.3 Å². The lowest BCUT2D eigenvalue weighted by molar-refractivity contribution is -0.870. The Bertz CT molecular complexity index is 538. The van der Waals surface area contributed by atoms with Crippen LogP contribution in [0.5, 0.6) is 0 Å². The van der Waals surface area contributed by atoms with Crippen molar-refractivity contribution in [3.8, 4) is 0 Å². The molecule has 0 aromatic rings. The Labute approximate surface area is 216 Å². The van der Waals surface area contributed by atoms with Gasteiger partial charge in [-0.2, -0.15) is 0 Å². The van der Waals surface area contributed by atoms with Crippen molar-refractivity contribution in [1.29, 1.82) is 0 Å². The van der Waals surface area contributed by atoms with E-state index in [2.05, 4.69) is 19.1 Å². The molecule has 0 saturated heterocycles. The highest BCUT2D eigenvalue weighted by Gasteiger charge is 2.24. The summed E-state index contributed by atoms with van der Waals surface area (Å²) >= 11 is 0. The third-order valence-corrected chi connectivity index (χ3v) is 6.86. The van der Waals surface area contributed by atoms with E-state index in [4.69, 9.17) is 18.5 Å². The molecule has 0 amide bonds. The van der Waals surface area contributed by atoms with Crippen molar-refractivity contribution in [2.75, 3.05) is 61.2 Å².